The summed E-state index contributed by atoms with van der Waals surface area (Å²) in [7, 11) is 1.82. The topological polar surface area (TPSA) is 68.3 Å². The molecule has 1 aromatic heterocycles. The van der Waals surface area contributed by atoms with E-state index in [0.717, 1.165) is 30.8 Å². The van der Waals surface area contributed by atoms with Gasteiger partial charge in [-0.05, 0) is 26.2 Å². The number of rotatable bonds is 4. The van der Waals surface area contributed by atoms with Crippen molar-refractivity contribution < 1.29 is 0 Å². The minimum absolute atomic E-state index is 0. The first-order valence-electron chi connectivity index (χ1n) is 7.46. The van der Waals surface area contributed by atoms with Gasteiger partial charge in [0.2, 0.25) is 0 Å². The van der Waals surface area contributed by atoms with Crippen molar-refractivity contribution >= 4 is 29.9 Å². The Balaban J connectivity index is 0.00000161. The maximum atomic E-state index is 4.31. The average Bonchev–Trinajstić information content (AvgIpc) is 3.07. The number of aromatic nitrogens is 2. The van der Waals surface area contributed by atoms with Crippen LogP contribution < -0.4 is 10.6 Å². The number of aryl methyl sites for hydroxylation is 1. The molecule has 21 heavy (non-hydrogen) atoms. The standard InChI is InChI=1S/C14H24N6.HI/c1-10-11(8-17-19-10)7-16-14(15-2)18-12-5-6-20(9-12)13-3-4-13;/h8,12-13H,3-7,9H2,1-2H3,(H,17,19)(H2,15,16,18);1H. The monoisotopic (exact) mass is 404 g/mol. The van der Waals surface area contributed by atoms with Crippen LogP contribution in [0.4, 0.5) is 0 Å². The van der Waals surface area contributed by atoms with E-state index in [0.29, 0.717) is 6.04 Å². The molecular formula is C14H25IN6. The predicted molar refractivity (Wildman–Crippen MR) is 95.1 cm³/mol. The molecule has 1 saturated heterocycles. The first-order valence-corrected chi connectivity index (χ1v) is 7.46. The molecule has 1 unspecified atom stereocenters. The summed E-state index contributed by atoms with van der Waals surface area (Å²) in [5, 5.41) is 13.9. The second-order valence-corrected chi connectivity index (χ2v) is 5.80. The van der Waals surface area contributed by atoms with Crippen LogP contribution in [-0.4, -0.2) is 53.3 Å². The molecule has 0 amide bonds. The van der Waals surface area contributed by atoms with Crippen molar-refractivity contribution in [1.82, 2.24) is 25.7 Å². The summed E-state index contributed by atoms with van der Waals surface area (Å²) < 4.78 is 0. The number of nitrogens with zero attached hydrogens (tertiary/aromatic N) is 3. The van der Waals surface area contributed by atoms with Gasteiger partial charge in [-0.3, -0.25) is 15.0 Å². The Morgan fingerprint density at radius 3 is 2.90 bits per heavy atom. The number of H-pyrrole nitrogens is 1. The van der Waals surface area contributed by atoms with E-state index in [1.807, 2.05) is 20.2 Å². The van der Waals surface area contributed by atoms with Crippen molar-refractivity contribution in [3.05, 3.63) is 17.5 Å². The van der Waals surface area contributed by atoms with Gasteiger partial charge >= 0.3 is 0 Å². The van der Waals surface area contributed by atoms with Crippen LogP contribution in [0.3, 0.4) is 0 Å². The molecule has 0 bridgehead atoms. The predicted octanol–water partition coefficient (Wildman–Crippen LogP) is 1.24. The second-order valence-electron chi connectivity index (χ2n) is 5.80. The largest absolute Gasteiger partial charge is 0.352 e. The lowest BCUT2D eigenvalue weighted by Crippen LogP contribution is -2.44. The third kappa shape index (κ3) is 4.32. The Kier molecular flexibility index (Phi) is 5.86. The van der Waals surface area contributed by atoms with Gasteiger partial charge in [0.25, 0.3) is 0 Å². The molecule has 7 heteroatoms. The number of halogens is 1. The summed E-state index contributed by atoms with van der Waals surface area (Å²) in [5.74, 6) is 0.883. The minimum Gasteiger partial charge on any atom is -0.352 e. The molecule has 1 saturated carbocycles. The Bertz CT molecular complexity index is 482. The van der Waals surface area contributed by atoms with Gasteiger partial charge < -0.3 is 10.6 Å². The lowest BCUT2D eigenvalue weighted by molar-refractivity contribution is 0.321. The zero-order chi connectivity index (χ0) is 13.9. The number of guanidine groups is 1. The van der Waals surface area contributed by atoms with Crippen molar-refractivity contribution in [3.8, 4) is 0 Å². The fraction of sp³-hybridized carbons (Fsp3) is 0.714. The summed E-state index contributed by atoms with van der Waals surface area (Å²) >= 11 is 0. The van der Waals surface area contributed by atoms with Gasteiger partial charge in [0.15, 0.2) is 5.96 Å². The number of aromatic amines is 1. The van der Waals surface area contributed by atoms with Crippen molar-refractivity contribution in [1.29, 1.82) is 0 Å². The molecule has 1 atom stereocenters. The Hall–Kier alpha value is -0.830. The van der Waals surface area contributed by atoms with Crippen molar-refractivity contribution in [3.63, 3.8) is 0 Å². The zero-order valence-corrected chi connectivity index (χ0v) is 15.1. The van der Waals surface area contributed by atoms with E-state index in [2.05, 4.69) is 30.7 Å². The first kappa shape index (κ1) is 16.5. The van der Waals surface area contributed by atoms with Crippen molar-refractivity contribution in [2.45, 2.75) is 44.8 Å². The SMILES string of the molecule is CN=C(NCc1cn[nH]c1C)NC1CCN(C2CC2)C1.I. The Morgan fingerprint density at radius 1 is 1.48 bits per heavy atom. The van der Waals surface area contributed by atoms with E-state index >= 15 is 0 Å². The average molecular weight is 404 g/mol. The molecule has 1 aliphatic heterocycles. The molecule has 0 aromatic carbocycles. The van der Waals surface area contributed by atoms with Crippen LogP contribution in [0.25, 0.3) is 0 Å². The van der Waals surface area contributed by atoms with Gasteiger partial charge in [-0.1, -0.05) is 0 Å². The van der Waals surface area contributed by atoms with Crippen LogP contribution in [0, 0.1) is 6.92 Å². The van der Waals surface area contributed by atoms with E-state index in [-0.39, 0.29) is 24.0 Å². The quantitative estimate of drug-likeness (QED) is 0.401. The van der Waals surface area contributed by atoms with Crippen LogP contribution in [0.2, 0.25) is 0 Å². The fourth-order valence-electron chi connectivity index (χ4n) is 2.80. The van der Waals surface area contributed by atoms with E-state index in [9.17, 15) is 0 Å². The highest BCUT2D eigenvalue weighted by atomic mass is 127. The minimum atomic E-state index is 0. The maximum absolute atomic E-state index is 4.31. The molecule has 1 aliphatic carbocycles. The summed E-state index contributed by atoms with van der Waals surface area (Å²) in [6.45, 7) is 5.15. The Labute approximate surface area is 143 Å². The highest BCUT2D eigenvalue weighted by molar-refractivity contribution is 14.0. The number of nitrogens with one attached hydrogen (secondary N) is 3. The fourth-order valence-corrected chi connectivity index (χ4v) is 2.80. The normalized spacial score (nSPS) is 23.0. The molecule has 1 aromatic rings. The van der Waals surface area contributed by atoms with E-state index < -0.39 is 0 Å². The van der Waals surface area contributed by atoms with Crippen molar-refractivity contribution in [2.75, 3.05) is 20.1 Å². The van der Waals surface area contributed by atoms with Crippen LogP contribution in [0.15, 0.2) is 11.2 Å². The smallest absolute Gasteiger partial charge is 0.191 e. The van der Waals surface area contributed by atoms with Gasteiger partial charge in [-0.15, -0.1) is 24.0 Å². The van der Waals surface area contributed by atoms with E-state index in [1.54, 1.807) is 0 Å². The number of likely N-dealkylation sites (tertiary alicyclic amines) is 1. The number of aliphatic imine (C=N–C) groups is 1. The zero-order valence-electron chi connectivity index (χ0n) is 12.7. The Morgan fingerprint density at radius 2 is 2.29 bits per heavy atom. The summed E-state index contributed by atoms with van der Waals surface area (Å²) in [5.41, 5.74) is 2.28. The summed E-state index contributed by atoms with van der Waals surface area (Å²) in [6, 6.07) is 1.39. The van der Waals surface area contributed by atoms with Crippen LogP contribution in [0.1, 0.15) is 30.5 Å². The molecule has 6 nitrogen and oxygen atoms in total. The van der Waals surface area contributed by atoms with Crippen LogP contribution >= 0.6 is 24.0 Å². The second kappa shape index (κ2) is 7.44. The van der Waals surface area contributed by atoms with Gasteiger partial charge in [-0.25, -0.2) is 0 Å². The van der Waals surface area contributed by atoms with Gasteiger partial charge in [0.05, 0.1) is 6.20 Å². The van der Waals surface area contributed by atoms with E-state index in [4.69, 9.17) is 0 Å². The summed E-state index contributed by atoms with van der Waals surface area (Å²) in [4.78, 5) is 6.91. The third-order valence-corrected chi connectivity index (χ3v) is 4.23. The highest BCUT2D eigenvalue weighted by Crippen LogP contribution is 2.29. The summed E-state index contributed by atoms with van der Waals surface area (Å²) in [6.07, 6.45) is 5.85. The number of hydrogen-bond acceptors (Lipinski definition) is 3. The van der Waals surface area contributed by atoms with Crippen LogP contribution in [-0.2, 0) is 6.54 Å². The lowest BCUT2D eigenvalue weighted by Gasteiger charge is -2.18. The van der Waals surface area contributed by atoms with E-state index in [1.165, 1.54) is 31.4 Å². The molecule has 2 aliphatic rings. The molecule has 3 rings (SSSR count). The highest BCUT2D eigenvalue weighted by Gasteiger charge is 2.34. The van der Waals surface area contributed by atoms with Gasteiger partial charge in [0.1, 0.15) is 0 Å². The number of hydrogen-bond donors (Lipinski definition) is 3. The molecule has 0 spiro atoms. The molecule has 0 radical (unpaired) electrons. The maximum Gasteiger partial charge on any atom is 0.191 e. The van der Waals surface area contributed by atoms with Gasteiger partial charge in [-0.2, -0.15) is 5.10 Å². The molecule has 2 heterocycles. The molecule has 118 valence electrons. The third-order valence-electron chi connectivity index (χ3n) is 4.23. The molecule has 2 fully saturated rings. The lowest BCUT2D eigenvalue weighted by atomic mass is 10.2. The molecule has 3 N–H and O–H groups in total. The van der Waals surface area contributed by atoms with Crippen LogP contribution in [0.5, 0.6) is 0 Å². The molecular weight excluding hydrogens is 379 g/mol. The van der Waals surface area contributed by atoms with Gasteiger partial charge in [0, 0.05) is 50.0 Å². The first-order chi connectivity index (χ1) is 9.76. The van der Waals surface area contributed by atoms with Crippen molar-refractivity contribution in [2.24, 2.45) is 4.99 Å².